The molecule has 1 saturated heterocycles. The molecule has 2 aromatic rings. The van der Waals surface area contributed by atoms with Crippen LogP contribution in [0.4, 0.5) is 11.6 Å². The summed E-state index contributed by atoms with van der Waals surface area (Å²) in [6.45, 7) is 2.82. The number of hydrogen-bond acceptors (Lipinski definition) is 7. The van der Waals surface area contributed by atoms with Gasteiger partial charge in [0.05, 0.1) is 11.7 Å². The first-order valence-electron chi connectivity index (χ1n) is 11.1. The Balaban J connectivity index is 1.52. The molecule has 32 heavy (non-hydrogen) atoms. The van der Waals surface area contributed by atoms with E-state index in [1.165, 1.54) is 12.8 Å². The van der Waals surface area contributed by atoms with Crippen LogP contribution in [-0.2, 0) is 4.79 Å². The van der Waals surface area contributed by atoms with Crippen molar-refractivity contribution in [1.82, 2.24) is 24.8 Å². The van der Waals surface area contributed by atoms with Crippen LogP contribution in [0.3, 0.4) is 0 Å². The summed E-state index contributed by atoms with van der Waals surface area (Å²) in [5, 5.41) is 2.94. The Morgan fingerprint density at radius 1 is 1.34 bits per heavy atom. The molecule has 1 amide bonds. The fraction of sp³-hybridized carbons (Fsp3) is 0.478. The third-order valence-electron chi connectivity index (χ3n) is 5.87. The summed E-state index contributed by atoms with van der Waals surface area (Å²) in [5.74, 6) is 1.16. The molecule has 0 atom stereocenters. The van der Waals surface area contributed by atoms with Crippen LogP contribution >= 0.6 is 0 Å². The molecule has 9 heteroatoms. The number of rotatable bonds is 9. The molecule has 2 fully saturated rings. The lowest BCUT2D eigenvalue weighted by Gasteiger charge is -2.46. The number of pyridine rings is 1. The van der Waals surface area contributed by atoms with E-state index in [-0.39, 0.29) is 17.5 Å². The van der Waals surface area contributed by atoms with Gasteiger partial charge in [0.15, 0.2) is 0 Å². The number of nitrogens with one attached hydrogen (secondary N) is 2. The fourth-order valence-corrected chi connectivity index (χ4v) is 3.80. The van der Waals surface area contributed by atoms with Gasteiger partial charge in [-0.15, -0.1) is 0 Å². The molecule has 0 unspecified atom stereocenters. The minimum Gasteiger partial charge on any atom is -0.360 e. The number of nitrogens with zero attached hydrogens (tertiary/aromatic N) is 5. The SMILES string of the molecule is CNc1nccc(-c2c[nH]c(=O)c(N(CC3CC3)C3CN(C(=O)/C=C/CN(C)C)C3)c2)n1. The largest absolute Gasteiger partial charge is 0.360 e. The Morgan fingerprint density at radius 2 is 2.12 bits per heavy atom. The number of carbonyl (C=O) groups excluding carboxylic acids is 1. The van der Waals surface area contributed by atoms with Gasteiger partial charge in [-0.05, 0) is 45.0 Å². The van der Waals surface area contributed by atoms with E-state index >= 15 is 0 Å². The second kappa shape index (κ2) is 9.52. The number of aromatic nitrogens is 3. The van der Waals surface area contributed by atoms with Crippen molar-refractivity contribution in [1.29, 1.82) is 0 Å². The van der Waals surface area contributed by atoms with Gasteiger partial charge in [0.2, 0.25) is 11.9 Å². The van der Waals surface area contributed by atoms with Crippen LogP contribution in [0.1, 0.15) is 12.8 Å². The van der Waals surface area contributed by atoms with Crippen molar-refractivity contribution < 1.29 is 4.79 Å². The highest BCUT2D eigenvalue weighted by atomic mass is 16.2. The molecule has 1 saturated carbocycles. The molecule has 0 radical (unpaired) electrons. The van der Waals surface area contributed by atoms with Gasteiger partial charge in [0, 0.05) is 57.3 Å². The van der Waals surface area contributed by atoms with Gasteiger partial charge >= 0.3 is 0 Å². The summed E-state index contributed by atoms with van der Waals surface area (Å²) in [4.78, 5) is 42.8. The zero-order valence-corrected chi connectivity index (χ0v) is 18.9. The first-order valence-corrected chi connectivity index (χ1v) is 11.1. The van der Waals surface area contributed by atoms with Crippen molar-refractivity contribution in [2.24, 2.45) is 5.92 Å². The van der Waals surface area contributed by atoms with Gasteiger partial charge in [-0.1, -0.05) is 6.08 Å². The lowest BCUT2D eigenvalue weighted by atomic mass is 10.0. The predicted molar refractivity (Wildman–Crippen MR) is 126 cm³/mol. The zero-order valence-electron chi connectivity index (χ0n) is 18.9. The number of hydrogen-bond donors (Lipinski definition) is 2. The van der Waals surface area contributed by atoms with Crippen molar-refractivity contribution in [3.8, 4) is 11.3 Å². The summed E-state index contributed by atoms with van der Waals surface area (Å²) in [5.41, 5.74) is 2.09. The Morgan fingerprint density at radius 3 is 2.81 bits per heavy atom. The maximum absolute atomic E-state index is 12.8. The van der Waals surface area contributed by atoms with Crippen molar-refractivity contribution in [3.05, 3.63) is 47.0 Å². The quantitative estimate of drug-likeness (QED) is 0.573. The number of H-pyrrole nitrogens is 1. The van der Waals surface area contributed by atoms with E-state index in [0.29, 0.717) is 30.6 Å². The lowest BCUT2D eigenvalue weighted by Crippen LogP contribution is -2.62. The minimum absolute atomic E-state index is 0.0257. The van der Waals surface area contributed by atoms with Gasteiger partial charge in [-0.2, -0.15) is 0 Å². The maximum atomic E-state index is 12.8. The molecule has 170 valence electrons. The molecular weight excluding hydrogens is 406 g/mol. The van der Waals surface area contributed by atoms with E-state index in [0.717, 1.165) is 24.3 Å². The van der Waals surface area contributed by atoms with E-state index in [2.05, 4.69) is 25.2 Å². The Hall–Kier alpha value is -3.20. The van der Waals surface area contributed by atoms with Crippen molar-refractivity contribution in [3.63, 3.8) is 0 Å². The van der Waals surface area contributed by atoms with E-state index in [1.54, 1.807) is 25.5 Å². The standard InChI is InChI=1S/C23H31N7O2/c1-24-23-25-9-8-19(27-23)17-11-20(22(32)26-12-17)30(13-16-6-7-16)18-14-29(15-18)21(31)5-4-10-28(2)3/h4-5,8-9,11-12,16,18H,6-7,10,13-15H2,1-3H3,(H,26,32)(H,24,25,27)/b5-4+. The topological polar surface area (TPSA) is 97.5 Å². The van der Waals surface area contributed by atoms with E-state index in [4.69, 9.17) is 0 Å². The summed E-state index contributed by atoms with van der Waals surface area (Å²) in [7, 11) is 5.71. The molecule has 2 N–H and O–H groups in total. The van der Waals surface area contributed by atoms with Crippen LogP contribution in [0.25, 0.3) is 11.3 Å². The van der Waals surface area contributed by atoms with Crippen LogP contribution in [0, 0.1) is 5.92 Å². The normalized spacial score (nSPS) is 16.4. The molecule has 0 spiro atoms. The van der Waals surface area contributed by atoms with Gasteiger partial charge < -0.3 is 25.0 Å². The summed E-state index contributed by atoms with van der Waals surface area (Å²) in [6.07, 6.45) is 9.29. The number of likely N-dealkylation sites (N-methyl/N-ethyl adjacent to an activating group) is 1. The highest BCUT2D eigenvalue weighted by Crippen LogP contribution is 2.33. The van der Waals surface area contributed by atoms with Crippen LogP contribution in [0.15, 0.2) is 41.5 Å². The number of carbonyl (C=O) groups is 1. The molecule has 2 aromatic heterocycles. The van der Waals surface area contributed by atoms with E-state index in [9.17, 15) is 9.59 Å². The second-order valence-corrected chi connectivity index (χ2v) is 8.78. The van der Waals surface area contributed by atoms with Crippen LogP contribution < -0.4 is 15.8 Å². The Labute approximate surface area is 188 Å². The van der Waals surface area contributed by atoms with Crippen molar-refractivity contribution >= 4 is 17.5 Å². The summed E-state index contributed by atoms with van der Waals surface area (Å²) in [6, 6.07) is 3.87. The fourth-order valence-electron chi connectivity index (χ4n) is 3.80. The first kappa shape index (κ1) is 22.0. The minimum atomic E-state index is -0.118. The van der Waals surface area contributed by atoms with Crippen LogP contribution in [0.5, 0.6) is 0 Å². The average Bonchev–Trinajstić information content (AvgIpc) is 3.56. The second-order valence-electron chi connectivity index (χ2n) is 8.78. The lowest BCUT2D eigenvalue weighted by molar-refractivity contribution is -0.130. The third kappa shape index (κ3) is 5.16. The molecule has 0 bridgehead atoms. The molecular formula is C23H31N7O2. The molecule has 0 aromatic carbocycles. The molecule has 3 heterocycles. The molecule has 1 aliphatic carbocycles. The van der Waals surface area contributed by atoms with Crippen molar-refractivity contribution in [2.75, 3.05) is 57.5 Å². The maximum Gasteiger partial charge on any atom is 0.271 e. The molecule has 2 aliphatic rings. The first-order chi connectivity index (χ1) is 15.4. The molecule has 1 aliphatic heterocycles. The summed E-state index contributed by atoms with van der Waals surface area (Å²) < 4.78 is 0. The van der Waals surface area contributed by atoms with Crippen LogP contribution in [-0.4, -0.2) is 84.0 Å². The summed E-state index contributed by atoms with van der Waals surface area (Å²) >= 11 is 0. The average molecular weight is 438 g/mol. The van der Waals surface area contributed by atoms with Gasteiger partial charge in [0.25, 0.3) is 5.56 Å². The molecule has 9 nitrogen and oxygen atoms in total. The van der Waals surface area contributed by atoms with Gasteiger partial charge in [-0.25, -0.2) is 9.97 Å². The monoisotopic (exact) mass is 437 g/mol. The molecule has 4 rings (SSSR count). The Bertz CT molecular complexity index is 1040. The number of likely N-dealkylation sites (tertiary alicyclic amines) is 1. The Kier molecular flexibility index (Phi) is 6.55. The van der Waals surface area contributed by atoms with Gasteiger partial charge in [-0.3, -0.25) is 9.59 Å². The smallest absolute Gasteiger partial charge is 0.271 e. The highest BCUT2D eigenvalue weighted by molar-refractivity contribution is 5.88. The number of anilines is 2. The van der Waals surface area contributed by atoms with Crippen LogP contribution in [0.2, 0.25) is 0 Å². The predicted octanol–water partition coefficient (Wildman–Crippen LogP) is 1.42. The van der Waals surface area contributed by atoms with E-state index in [1.807, 2.05) is 42.1 Å². The van der Waals surface area contributed by atoms with Gasteiger partial charge in [0.1, 0.15) is 5.69 Å². The zero-order chi connectivity index (χ0) is 22.7. The number of amides is 1. The van der Waals surface area contributed by atoms with Crippen molar-refractivity contribution in [2.45, 2.75) is 18.9 Å². The highest BCUT2D eigenvalue weighted by Gasteiger charge is 2.37. The number of aromatic amines is 1. The van der Waals surface area contributed by atoms with E-state index < -0.39 is 0 Å². The third-order valence-corrected chi connectivity index (χ3v) is 5.87.